The Kier molecular flexibility index (Phi) is 4.80. The maximum Gasteiger partial charge on any atom is 0.391 e. The highest BCUT2D eigenvalue weighted by molar-refractivity contribution is 5.82. The van der Waals surface area contributed by atoms with Gasteiger partial charge in [-0.25, -0.2) is 0 Å². The molecule has 0 spiro atoms. The number of aliphatic hydroxyl groups is 1. The van der Waals surface area contributed by atoms with Crippen molar-refractivity contribution in [1.82, 2.24) is 10.2 Å². The summed E-state index contributed by atoms with van der Waals surface area (Å²) >= 11 is 0. The Morgan fingerprint density at radius 1 is 1.15 bits per heavy atom. The summed E-state index contributed by atoms with van der Waals surface area (Å²) in [6, 6.07) is -0.387. The number of allylic oxidation sites excluding steroid dienone is 1. The van der Waals surface area contributed by atoms with E-state index in [4.69, 9.17) is 0 Å². The fraction of sp³-hybridized carbons (Fsp3) is 0.842. The second kappa shape index (κ2) is 6.82. The molecule has 4 nitrogen and oxygen atoms in total. The number of nitrogens with zero attached hydrogens (tertiary/aromatic N) is 1. The molecule has 4 aliphatic rings. The molecule has 7 heteroatoms. The predicted molar refractivity (Wildman–Crippen MR) is 90.0 cm³/mol. The molecule has 26 heavy (non-hydrogen) atoms. The van der Waals surface area contributed by atoms with Crippen LogP contribution in [-0.2, 0) is 4.79 Å². The summed E-state index contributed by atoms with van der Waals surface area (Å²) in [6.07, 6.45) is 2.24. The molecule has 0 bridgehead atoms. The molecule has 2 saturated carbocycles. The van der Waals surface area contributed by atoms with Crippen molar-refractivity contribution in [2.45, 2.75) is 75.9 Å². The third-order valence-electron chi connectivity index (χ3n) is 6.73. The van der Waals surface area contributed by atoms with E-state index in [2.05, 4.69) is 11.4 Å². The van der Waals surface area contributed by atoms with Crippen molar-refractivity contribution in [3.8, 4) is 0 Å². The van der Waals surface area contributed by atoms with Crippen LogP contribution in [0.4, 0.5) is 13.2 Å². The molecule has 4 fully saturated rings. The zero-order valence-electron chi connectivity index (χ0n) is 14.8. The van der Waals surface area contributed by atoms with Crippen molar-refractivity contribution in [3.63, 3.8) is 0 Å². The molecule has 0 aromatic rings. The van der Waals surface area contributed by atoms with Crippen LogP contribution in [-0.4, -0.2) is 46.9 Å². The largest absolute Gasteiger partial charge is 0.393 e. The molecule has 1 amide bonds. The van der Waals surface area contributed by atoms with E-state index in [1.807, 2.05) is 4.90 Å². The molecule has 0 aromatic carbocycles. The van der Waals surface area contributed by atoms with Crippen molar-refractivity contribution < 1.29 is 23.1 Å². The second-order valence-corrected chi connectivity index (χ2v) is 8.44. The van der Waals surface area contributed by atoms with Gasteiger partial charge < -0.3 is 10.0 Å². The highest BCUT2D eigenvalue weighted by atomic mass is 19.4. The van der Waals surface area contributed by atoms with Crippen molar-refractivity contribution in [2.75, 3.05) is 6.54 Å². The number of halogens is 3. The number of fused-ring (bicyclic) bond motifs is 2. The highest BCUT2D eigenvalue weighted by Crippen LogP contribution is 2.43. The zero-order chi connectivity index (χ0) is 18.5. The molecule has 6 atom stereocenters. The van der Waals surface area contributed by atoms with Crippen LogP contribution < -0.4 is 5.32 Å². The first-order chi connectivity index (χ1) is 12.3. The van der Waals surface area contributed by atoms with E-state index in [-0.39, 0.29) is 43.0 Å². The van der Waals surface area contributed by atoms with Gasteiger partial charge in [-0.15, -0.1) is 0 Å². The van der Waals surface area contributed by atoms with Gasteiger partial charge in [0.05, 0.1) is 17.9 Å². The molecular weight excluding hydrogens is 345 g/mol. The summed E-state index contributed by atoms with van der Waals surface area (Å²) in [7, 11) is 0. The van der Waals surface area contributed by atoms with Gasteiger partial charge in [0.25, 0.3) is 0 Å². The van der Waals surface area contributed by atoms with Crippen molar-refractivity contribution in [1.29, 1.82) is 0 Å². The number of carbonyl (C=O) groups is 1. The van der Waals surface area contributed by atoms with Crippen LogP contribution in [0.1, 0.15) is 51.4 Å². The van der Waals surface area contributed by atoms with Crippen LogP contribution in [0.5, 0.6) is 0 Å². The van der Waals surface area contributed by atoms with Crippen LogP contribution in [0, 0.1) is 17.8 Å². The Morgan fingerprint density at radius 3 is 2.69 bits per heavy atom. The van der Waals surface area contributed by atoms with Crippen LogP contribution in [0.3, 0.4) is 0 Å². The molecule has 4 rings (SSSR count). The third-order valence-corrected chi connectivity index (χ3v) is 6.73. The molecule has 2 saturated heterocycles. The van der Waals surface area contributed by atoms with E-state index in [0.29, 0.717) is 18.9 Å². The number of hydrogen-bond donors (Lipinski definition) is 2. The summed E-state index contributed by atoms with van der Waals surface area (Å²) in [5.74, 6) is -1.30. The van der Waals surface area contributed by atoms with E-state index in [1.165, 1.54) is 0 Å². The first-order valence-electron chi connectivity index (χ1n) is 9.85. The number of alkyl halides is 3. The second-order valence-electron chi connectivity index (χ2n) is 8.44. The van der Waals surface area contributed by atoms with E-state index < -0.39 is 12.1 Å². The summed E-state index contributed by atoms with van der Waals surface area (Å²) in [5.41, 5.74) is 1.12. The summed E-state index contributed by atoms with van der Waals surface area (Å²) in [4.78, 5) is 14.6. The number of nitrogens with one attached hydrogen (secondary N) is 1. The van der Waals surface area contributed by atoms with E-state index in [9.17, 15) is 23.1 Å². The van der Waals surface area contributed by atoms with Gasteiger partial charge in [-0.3, -0.25) is 10.1 Å². The molecule has 2 heterocycles. The zero-order valence-corrected chi connectivity index (χ0v) is 14.8. The van der Waals surface area contributed by atoms with Crippen LogP contribution in [0.2, 0.25) is 0 Å². The molecular formula is C19H27F3N2O2. The van der Waals surface area contributed by atoms with Gasteiger partial charge in [-0.05, 0) is 56.4 Å². The quantitative estimate of drug-likeness (QED) is 0.696. The smallest absolute Gasteiger partial charge is 0.391 e. The summed E-state index contributed by atoms with van der Waals surface area (Å²) < 4.78 is 39.4. The number of rotatable bonds is 1. The minimum atomic E-state index is -4.18. The lowest BCUT2D eigenvalue weighted by molar-refractivity contribution is -0.190. The monoisotopic (exact) mass is 372 g/mol. The van der Waals surface area contributed by atoms with Gasteiger partial charge in [0.15, 0.2) is 0 Å². The lowest BCUT2D eigenvalue weighted by atomic mass is 9.76. The van der Waals surface area contributed by atoms with Gasteiger partial charge in [-0.1, -0.05) is 12.5 Å². The first-order valence-corrected chi connectivity index (χ1v) is 9.85. The Hall–Kier alpha value is -1.08. The maximum atomic E-state index is 13.1. The normalized spacial score (nSPS) is 42.7. The molecule has 6 unspecified atom stereocenters. The van der Waals surface area contributed by atoms with E-state index in [0.717, 1.165) is 37.7 Å². The lowest BCUT2D eigenvalue weighted by Crippen LogP contribution is -2.63. The molecule has 2 aliphatic carbocycles. The Labute approximate surface area is 151 Å². The number of carbonyl (C=O) groups excluding carboxylic acids is 1. The SMILES string of the molecule is O=C1C2CCC(C(F)(F)F)CC2NC2/C(=C/C3CCCC(O)C3)CCN12. The fourth-order valence-corrected chi connectivity index (χ4v) is 5.34. The fourth-order valence-electron chi connectivity index (χ4n) is 5.34. The van der Waals surface area contributed by atoms with Crippen LogP contribution in [0.25, 0.3) is 0 Å². The van der Waals surface area contributed by atoms with Gasteiger partial charge in [0, 0.05) is 12.6 Å². The van der Waals surface area contributed by atoms with Crippen LogP contribution in [0.15, 0.2) is 11.6 Å². The van der Waals surface area contributed by atoms with Gasteiger partial charge in [-0.2, -0.15) is 13.2 Å². The first kappa shape index (κ1) is 18.3. The summed E-state index contributed by atoms with van der Waals surface area (Å²) in [6.45, 7) is 0.642. The topological polar surface area (TPSA) is 52.6 Å². The van der Waals surface area contributed by atoms with Gasteiger partial charge >= 0.3 is 6.18 Å². The predicted octanol–water partition coefficient (Wildman–Crippen LogP) is 2.97. The number of aliphatic hydroxyl groups excluding tert-OH is 1. The Bertz CT molecular complexity index is 592. The Balaban J connectivity index is 1.50. The van der Waals surface area contributed by atoms with Gasteiger partial charge in [0.2, 0.25) is 5.91 Å². The van der Waals surface area contributed by atoms with Crippen molar-refractivity contribution in [3.05, 3.63) is 11.6 Å². The number of amides is 1. The molecule has 0 aromatic heterocycles. The van der Waals surface area contributed by atoms with Crippen LogP contribution >= 0.6 is 0 Å². The summed E-state index contributed by atoms with van der Waals surface area (Å²) in [5, 5.41) is 13.2. The van der Waals surface area contributed by atoms with Crippen molar-refractivity contribution in [2.24, 2.45) is 17.8 Å². The van der Waals surface area contributed by atoms with Gasteiger partial charge in [0.1, 0.15) is 6.17 Å². The third kappa shape index (κ3) is 3.40. The lowest BCUT2D eigenvalue weighted by Gasteiger charge is -2.46. The average Bonchev–Trinajstić information content (AvgIpc) is 2.97. The van der Waals surface area contributed by atoms with E-state index in [1.54, 1.807) is 0 Å². The molecule has 0 radical (unpaired) electrons. The maximum absolute atomic E-state index is 13.1. The standard InChI is InChI=1S/C19H27F3N2O2/c20-19(21,22)13-4-5-15-16(10-13)23-17-12(6-7-24(17)18(15)26)8-11-2-1-3-14(25)9-11/h8,11,13-17,23,25H,1-7,9-10H2/b12-8+. The molecule has 146 valence electrons. The Morgan fingerprint density at radius 2 is 1.96 bits per heavy atom. The minimum Gasteiger partial charge on any atom is -0.393 e. The van der Waals surface area contributed by atoms with Crippen molar-refractivity contribution >= 4 is 5.91 Å². The molecule has 2 aliphatic heterocycles. The molecule has 2 N–H and O–H groups in total. The van der Waals surface area contributed by atoms with E-state index >= 15 is 0 Å². The average molecular weight is 372 g/mol. The highest BCUT2D eigenvalue weighted by Gasteiger charge is 2.51. The minimum absolute atomic E-state index is 0.000328. The number of hydrogen-bond acceptors (Lipinski definition) is 3.